The first-order chi connectivity index (χ1) is 5.43. The van der Waals surface area contributed by atoms with E-state index in [-0.39, 0.29) is 6.61 Å². The number of hydrogen-bond acceptors (Lipinski definition) is 1. The first-order valence-electron chi connectivity index (χ1n) is 4.69. The van der Waals surface area contributed by atoms with Crippen LogP contribution < -0.4 is 0 Å². The molecule has 64 valence electrons. The monoisotopic (exact) mass is 154 g/mol. The van der Waals surface area contributed by atoms with Crippen molar-refractivity contribution >= 4 is 0 Å². The van der Waals surface area contributed by atoms with Crippen molar-refractivity contribution in [2.75, 3.05) is 6.61 Å². The summed E-state index contributed by atoms with van der Waals surface area (Å²) in [7, 11) is 0. The normalized spacial score (nSPS) is 21.2. The molecule has 1 aliphatic carbocycles. The predicted octanol–water partition coefficient (Wildman–Crippen LogP) is 2.51. The quantitative estimate of drug-likeness (QED) is 0.619. The third kappa shape index (κ3) is 3.57. The van der Waals surface area contributed by atoms with Crippen molar-refractivity contribution in [1.82, 2.24) is 0 Å². The van der Waals surface area contributed by atoms with Crippen molar-refractivity contribution in [3.63, 3.8) is 0 Å². The van der Waals surface area contributed by atoms with Crippen LogP contribution in [0.2, 0.25) is 0 Å². The van der Waals surface area contributed by atoms with Gasteiger partial charge in [-0.05, 0) is 12.3 Å². The van der Waals surface area contributed by atoms with E-state index in [4.69, 9.17) is 5.11 Å². The zero-order chi connectivity index (χ0) is 7.94. The van der Waals surface area contributed by atoms with E-state index in [9.17, 15) is 0 Å². The maximum Gasteiger partial charge on any atom is 0.0612 e. The lowest BCUT2D eigenvalue weighted by atomic mass is 9.87. The zero-order valence-corrected chi connectivity index (χ0v) is 7.13. The van der Waals surface area contributed by atoms with Crippen molar-refractivity contribution in [2.45, 2.75) is 38.5 Å². The van der Waals surface area contributed by atoms with E-state index in [0.29, 0.717) is 0 Å². The lowest BCUT2D eigenvalue weighted by molar-refractivity contribution is 0.339. The minimum atomic E-state index is 0.201. The van der Waals surface area contributed by atoms with Crippen LogP contribution in [0.5, 0.6) is 0 Å². The van der Waals surface area contributed by atoms with E-state index in [2.05, 4.69) is 6.08 Å². The summed E-state index contributed by atoms with van der Waals surface area (Å²) in [4.78, 5) is 0. The first-order valence-corrected chi connectivity index (χ1v) is 4.69. The van der Waals surface area contributed by atoms with E-state index in [1.807, 2.05) is 6.08 Å². The highest BCUT2D eigenvalue weighted by Gasteiger charge is 2.10. The lowest BCUT2D eigenvalue weighted by Gasteiger charge is -2.19. The number of aliphatic hydroxyl groups is 1. The molecule has 1 nitrogen and oxygen atoms in total. The molecule has 0 amide bonds. The molecule has 1 heteroatoms. The molecule has 0 spiro atoms. The summed E-state index contributed by atoms with van der Waals surface area (Å²) in [5, 5.41) is 8.51. The number of aliphatic hydroxyl groups excluding tert-OH is 1. The molecule has 1 aliphatic rings. The second-order valence-corrected chi connectivity index (χ2v) is 3.39. The van der Waals surface area contributed by atoms with Gasteiger partial charge in [-0.15, -0.1) is 0 Å². The second-order valence-electron chi connectivity index (χ2n) is 3.39. The minimum Gasteiger partial charge on any atom is -0.392 e. The Kier molecular flexibility index (Phi) is 4.29. The molecule has 1 fully saturated rings. The Balaban J connectivity index is 2.09. The van der Waals surface area contributed by atoms with Crippen LogP contribution >= 0.6 is 0 Å². The topological polar surface area (TPSA) is 20.2 Å². The Hall–Kier alpha value is -0.300. The van der Waals surface area contributed by atoms with Gasteiger partial charge in [0.25, 0.3) is 0 Å². The standard InChI is InChI=1S/C10H18O/c11-9-5-4-8-10-6-2-1-3-7-10/h4-5,10-11H,1-3,6-9H2/b5-4-. The average molecular weight is 154 g/mol. The molecule has 0 heterocycles. The van der Waals surface area contributed by atoms with Gasteiger partial charge in [-0.1, -0.05) is 44.3 Å². The molecule has 1 saturated carbocycles. The first kappa shape index (κ1) is 8.79. The van der Waals surface area contributed by atoms with Gasteiger partial charge in [-0.2, -0.15) is 0 Å². The van der Waals surface area contributed by atoms with E-state index in [1.165, 1.54) is 38.5 Å². The van der Waals surface area contributed by atoms with Crippen molar-refractivity contribution in [3.05, 3.63) is 12.2 Å². The molecule has 0 bridgehead atoms. The smallest absolute Gasteiger partial charge is 0.0612 e. The van der Waals surface area contributed by atoms with Gasteiger partial charge >= 0.3 is 0 Å². The van der Waals surface area contributed by atoms with Crippen molar-refractivity contribution < 1.29 is 5.11 Å². The fraction of sp³-hybridized carbons (Fsp3) is 0.800. The van der Waals surface area contributed by atoms with Crippen LogP contribution in [0.15, 0.2) is 12.2 Å². The van der Waals surface area contributed by atoms with Gasteiger partial charge in [0.1, 0.15) is 0 Å². The van der Waals surface area contributed by atoms with Gasteiger partial charge in [-0.25, -0.2) is 0 Å². The van der Waals surface area contributed by atoms with Crippen molar-refractivity contribution in [3.8, 4) is 0 Å². The molecular formula is C10H18O. The van der Waals surface area contributed by atoms with Crippen LogP contribution in [0.3, 0.4) is 0 Å². The molecule has 0 atom stereocenters. The highest BCUT2D eigenvalue weighted by molar-refractivity contribution is 4.84. The Morgan fingerprint density at radius 1 is 1.09 bits per heavy atom. The van der Waals surface area contributed by atoms with Gasteiger partial charge in [0.2, 0.25) is 0 Å². The van der Waals surface area contributed by atoms with Crippen LogP contribution in [0.1, 0.15) is 38.5 Å². The summed E-state index contributed by atoms with van der Waals surface area (Å²) in [6.45, 7) is 0.201. The zero-order valence-electron chi connectivity index (χ0n) is 7.13. The van der Waals surface area contributed by atoms with E-state index in [0.717, 1.165) is 5.92 Å². The van der Waals surface area contributed by atoms with Crippen LogP contribution in [-0.4, -0.2) is 11.7 Å². The summed E-state index contributed by atoms with van der Waals surface area (Å²) in [6.07, 6.45) is 12.2. The van der Waals surface area contributed by atoms with E-state index < -0.39 is 0 Å². The predicted molar refractivity (Wildman–Crippen MR) is 47.4 cm³/mol. The average Bonchev–Trinajstić information content (AvgIpc) is 2.07. The third-order valence-electron chi connectivity index (χ3n) is 2.47. The van der Waals surface area contributed by atoms with Crippen LogP contribution in [0, 0.1) is 5.92 Å². The largest absolute Gasteiger partial charge is 0.392 e. The molecule has 0 unspecified atom stereocenters. The molecule has 0 aromatic carbocycles. The van der Waals surface area contributed by atoms with Gasteiger partial charge in [0, 0.05) is 0 Å². The summed E-state index contributed by atoms with van der Waals surface area (Å²) in [5.41, 5.74) is 0. The number of hydrogen-bond donors (Lipinski definition) is 1. The Labute approximate surface area is 69.1 Å². The third-order valence-corrected chi connectivity index (χ3v) is 2.47. The molecule has 0 radical (unpaired) electrons. The summed E-state index contributed by atoms with van der Waals surface area (Å²) >= 11 is 0. The Morgan fingerprint density at radius 3 is 2.45 bits per heavy atom. The SMILES string of the molecule is OC/C=C\CC1CCCCC1. The van der Waals surface area contributed by atoms with E-state index in [1.54, 1.807) is 0 Å². The van der Waals surface area contributed by atoms with E-state index >= 15 is 0 Å². The molecule has 0 aromatic heterocycles. The maximum absolute atomic E-state index is 8.51. The Bertz CT molecular complexity index is 112. The number of allylic oxidation sites excluding steroid dienone is 1. The van der Waals surface area contributed by atoms with Gasteiger partial charge in [-0.3, -0.25) is 0 Å². The molecule has 0 aromatic rings. The fourth-order valence-electron chi connectivity index (χ4n) is 1.79. The second kappa shape index (κ2) is 5.36. The fourth-order valence-corrected chi connectivity index (χ4v) is 1.79. The maximum atomic E-state index is 8.51. The summed E-state index contributed by atoms with van der Waals surface area (Å²) in [5.74, 6) is 0.909. The highest BCUT2D eigenvalue weighted by atomic mass is 16.2. The molecular weight excluding hydrogens is 136 g/mol. The summed E-state index contributed by atoms with van der Waals surface area (Å²) < 4.78 is 0. The highest BCUT2D eigenvalue weighted by Crippen LogP contribution is 2.26. The molecule has 11 heavy (non-hydrogen) atoms. The molecule has 0 saturated heterocycles. The summed E-state index contributed by atoms with van der Waals surface area (Å²) in [6, 6.07) is 0. The van der Waals surface area contributed by atoms with Gasteiger partial charge in [0.05, 0.1) is 6.61 Å². The molecule has 1 rings (SSSR count). The van der Waals surface area contributed by atoms with Crippen molar-refractivity contribution in [2.24, 2.45) is 5.92 Å². The van der Waals surface area contributed by atoms with Crippen LogP contribution in [0.25, 0.3) is 0 Å². The van der Waals surface area contributed by atoms with Gasteiger partial charge in [0.15, 0.2) is 0 Å². The van der Waals surface area contributed by atoms with Gasteiger partial charge < -0.3 is 5.11 Å². The van der Waals surface area contributed by atoms with Crippen LogP contribution in [0.4, 0.5) is 0 Å². The Morgan fingerprint density at radius 2 is 1.82 bits per heavy atom. The number of rotatable bonds is 3. The molecule has 1 N–H and O–H groups in total. The molecule has 0 aliphatic heterocycles. The van der Waals surface area contributed by atoms with Crippen LogP contribution in [-0.2, 0) is 0 Å². The lowest BCUT2D eigenvalue weighted by Crippen LogP contribution is -2.04. The van der Waals surface area contributed by atoms with Crippen molar-refractivity contribution in [1.29, 1.82) is 0 Å². The minimum absolute atomic E-state index is 0.201.